The summed E-state index contributed by atoms with van der Waals surface area (Å²) in [5.41, 5.74) is 7.00. The molecular weight excluding hydrogens is 547 g/mol. The first-order valence-corrected chi connectivity index (χ1v) is 11.7. The lowest BCUT2D eigenvalue weighted by Crippen LogP contribution is -2.18. The number of anilines is 3. The lowest BCUT2D eigenvalue weighted by atomic mass is 10.1. The normalized spacial score (nSPS) is 18.3. The first-order valence-electron chi connectivity index (χ1n) is 9.78. The lowest BCUT2D eigenvalue weighted by Gasteiger charge is -2.11. The van der Waals surface area contributed by atoms with Gasteiger partial charge in [0.2, 0.25) is 5.91 Å². The van der Waals surface area contributed by atoms with E-state index in [0.717, 1.165) is 6.07 Å². The number of alkyl halides is 2. The second-order valence-corrected chi connectivity index (χ2v) is 10.4. The van der Waals surface area contributed by atoms with E-state index >= 15 is 0 Å². The molecule has 11 heteroatoms. The molecule has 0 radical (unpaired) electrons. The zero-order valence-corrected chi connectivity index (χ0v) is 20.8. The summed E-state index contributed by atoms with van der Waals surface area (Å²) in [6, 6.07) is 12.8. The molecule has 0 unspecified atom stereocenters. The molecule has 34 heavy (non-hydrogen) atoms. The molecule has 0 aliphatic heterocycles. The van der Waals surface area contributed by atoms with Crippen molar-refractivity contribution in [3.8, 4) is 0 Å². The van der Waals surface area contributed by atoms with Gasteiger partial charge in [0, 0.05) is 21.7 Å². The number of carbonyl (C=O) groups excluding carboxylic acids is 2. The molecule has 4 N–H and O–H groups in total. The van der Waals surface area contributed by atoms with Gasteiger partial charge in [0.25, 0.3) is 5.91 Å². The molecule has 0 saturated heterocycles. The number of benzene rings is 3. The molecule has 2 atom stereocenters. The maximum absolute atomic E-state index is 13.5. The quantitative estimate of drug-likeness (QED) is 0.229. The van der Waals surface area contributed by atoms with Crippen LogP contribution in [0.4, 0.5) is 21.5 Å². The second-order valence-electron chi connectivity index (χ2n) is 7.70. The van der Waals surface area contributed by atoms with Gasteiger partial charge in [-0.3, -0.25) is 9.59 Å². The third kappa shape index (κ3) is 5.07. The summed E-state index contributed by atoms with van der Waals surface area (Å²) in [4.78, 5) is 25.7. The second kappa shape index (κ2) is 9.44. The van der Waals surface area contributed by atoms with Crippen LogP contribution in [0.15, 0.2) is 54.6 Å². The average molecular weight is 562 g/mol. The molecule has 1 fully saturated rings. The van der Waals surface area contributed by atoms with E-state index < -0.39 is 33.8 Å². The fraction of sp³-hybridized carbons (Fsp3) is 0.130. The standard InChI is InChI=1S/C23H15Cl5FN3O2/c24-11-5-10(6-12(25)7-11)19-20(23(19,27)28)22(34)31-14-2-3-16(26)15(9-14)21(33)32-18-8-13(29)1-4-17(18)30/h1-9,19-20H,30H2,(H,31,34)(H,32,33)/t19-,20+/m0/s1. The van der Waals surface area contributed by atoms with Crippen LogP contribution in [-0.2, 0) is 4.79 Å². The summed E-state index contributed by atoms with van der Waals surface area (Å²) in [6.07, 6.45) is 0. The molecule has 0 heterocycles. The Morgan fingerprint density at radius 1 is 0.912 bits per heavy atom. The van der Waals surface area contributed by atoms with E-state index in [1.807, 2.05) is 0 Å². The van der Waals surface area contributed by atoms with E-state index in [1.165, 1.54) is 30.3 Å². The maximum atomic E-state index is 13.5. The van der Waals surface area contributed by atoms with Crippen LogP contribution in [0, 0.1) is 11.7 Å². The van der Waals surface area contributed by atoms with Gasteiger partial charge in [0.1, 0.15) is 10.2 Å². The number of hydrogen-bond donors (Lipinski definition) is 3. The van der Waals surface area contributed by atoms with E-state index in [-0.39, 0.29) is 27.6 Å². The van der Waals surface area contributed by atoms with Gasteiger partial charge < -0.3 is 16.4 Å². The smallest absolute Gasteiger partial charge is 0.257 e. The van der Waals surface area contributed by atoms with Crippen LogP contribution in [0.5, 0.6) is 0 Å². The topological polar surface area (TPSA) is 84.2 Å². The fourth-order valence-electron chi connectivity index (χ4n) is 3.65. The summed E-state index contributed by atoms with van der Waals surface area (Å²) in [5, 5.41) is 6.11. The molecule has 1 aliphatic carbocycles. The van der Waals surface area contributed by atoms with Crippen molar-refractivity contribution in [2.75, 3.05) is 16.4 Å². The molecule has 1 saturated carbocycles. The number of halogens is 6. The van der Waals surface area contributed by atoms with Gasteiger partial charge in [-0.2, -0.15) is 0 Å². The monoisotopic (exact) mass is 559 g/mol. The number of nitrogens with two attached hydrogens (primary N) is 1. The van der Waals surface area contributed by atoms with Crippen LogP contribution in [-0.4, -0.2) is 16.1 Å². The third-order valence-corrected chi connectivity index (χ3v) is 7.03. The molecule has 176 valence electrons. The summed E-state index contributed by atoms with van der Waals surface area (Å²) in [7, 11) is 0. The largest absolute Gasteiger partial charge is 0.397 e. The highest BCUT2D eigenvalue weighted by molar-refractivity contribution is 6.53. The number of nitrogens with one attached hydrogen (secondary N) is 2. The Morgan fingerprint density at radius 2 is 1.59 bits per heavy atom. The number of carbonyl (C=O) groups is 2. The van der Waals surface area contributed by atoms with Gasteiger partial charge in [-0.1, -0.05) is 34.8 Å². The van der Waals surface area contributed by atoms with Crippen molar-refractivity contribution in [3.63, 3.8) is 0 Å². The Bertz CT molecular complexity index is 1300. The van der Waals surface area contributed by atoms with Crippen LogP contribution < -0.4 is 16.4 Å². The average Bonchev–Trinajstić information content (AvgIpc) is 3.33. The predicted molar refractivity (Wildman–Crippen MR) is 136 cm³/mol. The van der Waals surface area contributed by atoms with E-state index in [2.05, 4.69) is 10.6 Å². The van der Waals surface area contributed by atoms with E-state index in [9.17, 15) is 14.0 Å². The summed E-state index contributed by atoms with van der Waals surface area (Å²) in [6.45, 7) is 0. The minimum atomic E-state index is -1.36. The predicted octanol–water partition coefficient (Wildman–Crippen LogP) is 7.15. The van der Waals surface area contributed by atoms with Crippen molar-refractivity contribution in [2.45, 2.75) is 10.3 Å². The van der Waals surface area contributed by atoms with Crippen LogP contribution >= 0.6 is 58.0 Å². The summed E-state index contributed by atoms with van der Waals surface area (Å²) < 4.78 is 12.2. The third-order valence-electron chi connectivity index (χ3n) is 5.32. The Labute approximate surface area is 219 Å². The number of amides is 2. The first kappa shape index (κ1) is 24.9. The SMILES string of the molecule is Nc1ccc(F)cc1NC(=O)c1cc(NC(=O)[C@H]2[C@H](c3cc(Cl)cc(Cl)c3)C2(Cl)Cl)ccc1Cl. The van der Waals surface area contributed by atoms with Gasteiger partial charge in [-0.15, -0.1) is 23.2 Å². The highest BCUT2D eigenvalue weighted by atomic mass is 35.5. The Hall–Kier alpha value is -2.22. The molecule has 2 amide bonds. The fourth-order valence-corrected chi connectivity index (χ4v) is 5.22. The zero-order valence-electron chi connectivity index (χ0n) is 17.0. The molecule has 3 aromatic rings. The zero-order chi connectivity index (χ0) is 24.8. The van der Waals surface area contributed by atoms with Crippen molar-refractivity contribution in [1.29, 1.82) is 0 Å². The minimum Gasteiger partial charge on any atom is -0.397 e. The molecule has 5 nitrogen and oxygen atoms in total. The van der Waals surface area contributed by atoms with E-state index in [0.29, 0.717) is 15.6 Å². The minimum absolute atomic E-state index is 0.0418. The molecule has 0 bridgehead atoms. The lowest BCUT2D eigenvalue weighted by molar-refractivity contribution is -0.117. The Morgan fingerprint density at radius 3 is 2.26 bits per heavy atom. The number of rotatable bonds is 5. The van der Waals surface area contributed by atoms with Gasteiger partial charge >= 0.3 is 0 Å². The molecule has 0 aromatic heterocycles. The summed E-state index contributed by atoms with van der Waals surface area (Å²) in [5.74, 6) is -2.99. The van der Waals surface area contributed by atoms with Crippen LogP contribution in [0.2, 0.25) is 15.1 Å². The Kier molecular flexibility index (Phi) is 6.91. The van der Waals surface area contributed by atoms with Crippen LogP contribution in [0.25, 0.3) is 0 Å². The van der Waals surface area contributed by atoms with Crippen molar-refractivity contribution in [1.82, 2.24) is 0 Å². The van der Waals surface area contributed by atoms with E-state index in [4.69, 9.17) is 63.7 Å². The van der Waals surface area contributed by atoms with Crippen LogP contribution in [0.3, 0.4) is 0 Å². The number of hydrogen-bond acceptors (Lipinski definition) is 3. The van der Waals surface area contributed by atoms with Gasteiger partial charge in [0.05, 0.1) is 27.9 Å². The van der Waals surface area contributed by atoms with Crippen molar-refractivity contribution < 1.29 is 14.0 Å². The highest BCUT2D eigenvalue weighted by Gasteiger charge is 2.67. The van der Waals surface area contributed by atoms with Gasteiger partial charge in [0.15, 0.2) is 0 Å². The molecule has 3 aromatic carbocycles. The first-order chi connectivity index (χ1) is 16.0. The molecular formula is C23H15Cl5FN3O2. The Balaban J connectivity index is 1.52. The van der Waals surface area contributed by atoms with E-state index in [1.54, 1.807) is 18.2 Å². The molecule has 4 rings (SSSR count). The maximum Gasteiger partial charge on any atom is 0.257 e. The van der Waals surface area contributed by atoms with Crippen molar-refractivity contribution >= 4 is 86.9 Å². The van der Waals surface area contributed by atoms with Gasteiger partial charge in [-0.25, -0.2) is 4.39 Å². The summed E-state index contributed by atoms with van der Waals surface area (Å²) >= 11 is 31.1. The molecule has 0 spiro atoms. The van der Waals surface area contributed by atoms with Gasteiger partial charge in [-0.05, 0) is 60.2 Å². The number of nitrogen functional groups attached to an aromatic ring is 1. The van der Waals surface area contributed by atoms with Crippen LogP contribution in [0.1, 0.15) is 21.8 Å². The van der Waals surface area contributed by atoms with Crippen molar-refractivity contribution in [3.05, 3.63) is 86.6 Å². The molecule has 1 aliphatic rings. The van der Waals surface area contributed by atoms with Crippen molar-refractivity contribution in [2.24, 2.45) is 5.92 Å². The highest BCUT2D eigenvalue weighted by Crippen LogP contribution is 2.65.